The minimum atomic E-state index is -1.10. The molecule has 2 bridgehead atoms. The van der Waals surface area contributed by atoms with Gasteiger partial charge in [0.05, 0.1) is 19.0 Å². The molecule has 0 radical (unpaired) electrons. The van der Waals surface area contributed by atoms with Crippen LogP contribution in [0.15, 0.2) is 12.7 Å². The fraction of sp³-hybridized carbons (Fsp3) is 0.706. The van der Waals surface area contributed by atoms with Crippen molar-refractivity contribution in [2.24, 2.45) is 11.8 Å². The van der Waals surface area contributed by atoms with Gasteiger partial charge >= 0.3 is 0 Å². The molecule has 3 unspecified atom stereocenters. The molecule has 3 fully saturated rings. The molecule has 9 heteroatoms. The molecule has 2 saturated carbocycles. The summed E-state index contributed by atoms with van der Waals surface area (Å²) in [7, 11) is 0. The van der Waals surface area contributed by atoms with Gasteiger partial charge in [-0.15, -0.1) is 0 Å². The normalized spacial score (nSPS) is 39.2. The number of fused-ring (bicyclic) bond motifs is 3. The summed E-state index contributed by atoms with van der Waals surface area (Å²) in [5.41, 5.74) is 6.71. The Balaban J connectivity index is 1.31. The van der Waals surface area contributed by atoms with Gasteiger partial charge in [0, 0.05) is 0 Å². The molecular formula is C17H23N5O4. The molecule has 4 N–H and O–H groups in total. The first-order chi connectivity index (χ1) is 12.6. The van der Waals surface area contributed by atoms with Crippen LogP contribution in [-0.2, 0) is 9.47 Å². The molecule has 3 heterocycles. The maximum absolute atomic E-state index is 10.5. The van der Waals surface area contributed by atoms with Crippen LogP contribution >= 0.6 is 0 Å². The van der Waals surface area contributed by atoms with Gasteiger partial charge in [-0.2, -0.15) is 0 Å². The number of aromatic nitrogens is 4. The second kappa shape index (κ2) is 6.12. The van der Waals surface area contributed by atoms with Gasteiger partial charge in [-0.1, -0.05) is 0 Å². The van der Waals surface area contributed by atoms with E-state index in [0.717, 1.165) is 12.3 Å². The molecular weight excluding hydrogens is 338 g/mol. The summed E-state index contributed by atoms with van der Waals surface area (Å²) in [5.74, 6) is 1.69. The Morgan fingerprint density at radius 3 is 2.85 bits per heavy atom. The number of nitrogens with two attached hydrogens (primary N) is 1. The van der Waals surface area contributed by atoms with Crippen molar-refractivity contribution < 1.29 is 19.7 Å². The number of nitrogens with zero attached hydrogens (tertiary/aromatic N) is 4. The molecule has 9 nitrogen and oxygen atoms in total. The number of nitrogen functional groups attached to an aromatic ring is 1. The van der Waals surface area contributed by atoms with Crippen LogP contribution in [0, 0.1) is 11.8 Å². The van der Waals surface area contributed by atoms with Crippen LogP contribution in [0.1, 0.15) is 31.9 Å². The van der Waals surface area contributed by atoms with Crippen molar-refractivity contribution in [1.82, 2.24) is 19.5 Å². The summed E-state index contributed by atoms with van der Waals surface area (Å²) in [6, 6.07) is 0. The maximum Gasteiger partial charge on any atom is 0.167 e. The molecule has 1 aliphatic heterocycles. The standard InChI is InChI=1S/C17H23N5O4/c18-15-12-16(20-6-19-15)22(7-21-12)17-14(24)13(23)11(26-17)5-25-10-4-8-1-2-9(10)3-8/h6-11,13-14,17,23-24H,1-5H2,(H2,18,19,20)/t8?,9?,10?,11-,13-,14-,17-/m1/s1. The van der Waals surface area contributed by atoms with Crippen molar-refractivity contribution in [2.45, 2.75) is 56.3 Å². The summed E-state index contributed by atoms with van der Waals surface area (Å²) in [6.45, 7) is 0.270. The van der Waals surface area contributed by atoms with E-state index in [9.17, 15) is 10.2 Å². The van der Waals surface area contributed by atoms with Crippen LogP contribution in [0.4, 0.5) is 5.82 Å². The molecule has 7 atom stereocenters. The van der Waals surface area contributed by atoms with E-state index < -0.39 is 24.5 Å². The summed E-state index contributed by atoms with van der Waals surface area (Å²) >= 11 is 0. The highest BCUT2D eigenvalue weighted by Crippen LogP contribution is 2.46. The quantitative estimate of drug-likeness (QED) is 0.706. The zero-order valence-corrected chi connectivity index (χ0v) is 14.3. The predicted molar refractivity (Wildman–Crippen MR) is 90.8 cm³/mol. The summed E-state index contributed by atoms with van der Waals surface area (Å²) < 4.78 is 13.5. The van der Waals surface area contributed by atoms with Crippen LogP contribution in [0.2, 0.25) is 0 Å². The number of ether oxygens (including phenoxy) is 2. The minimum Gasteiger partial charge on any atom is -0.387 e. The first kappa shape index (κ1) is 16.4. The van der Waals surface area contributed by atoms with Gasteiger partial charge in [0.25, 0.3) is 0 Å². The summed E-state index contributed by atoms with van der Waals surface area (Å²) in [4.78, 5) is 12.3. The van der Waals surface area contributed by atoms with E-state index in [1.165, 1.54) is 31.9 Å². The van der Waals surface area contributed by atoms with Gasteiger partial charge in [-0.25, -0.2) is 15.0 Å². The summed E-state index contributed by atoms with van der Waals surface area (Å²) in [6.07, 6.45) is 4.47. The number of hydrogen-bond donors (Lipinski definition) is 3. The van der Waals surface area contributed by atoms with E-state index in [2.05, 4.69) is 15.0 Å². The zero-order chi connectivity index (χ0) is 17.8. The highest BCUT2D eigenvalue weighted by Gasteiger charge is 2.46. The van der Waals surface area contributed by atoms with Crippen LogP contribution in [0.5, 0.6) is 0 Å². The average Bonchev–Trinajstić information content (AvgIpc) is 3.40. The number of hydrogen-bond acceptors (Lipinski definition) is 8. The topological polar surface area (TPSA) is 129 Å². The monoisotopic (exact) mass is 361 g/mol. The molecule has 26 heavy (non-hydrogen) atoms. The molecule has 0 amide bonds. The fourth-order valence-electron chi connectivity index (χ4n) is 4.76. The lowest BCUT2D eigenvalue weighted by atomic mass is 9.98. The molecule has 3 aliphatic rings. The van der Waals surface area contributed by atoms with Crippen molar-refractivity contribution in [3.8, 4) is 0 Å². The minimum absolute atomic E-state index is 0.252. The molecule has 5 rings (SSSR count). The largest absolute Gasteiger partial charge is 0.387 e. The highest BCUT2D eigenvalue weighted by molar-refractivity contribution is 5.81. The lowest BCUT2D eigenvalue weighted by molar-refractivity contribution is -0.0894. The van der Waals surface area contributed by atoms with Crippen molar-refractivity contribution in [1.29, 1.82) is 0 Å². The Morgan fingerprint density at radius 2 is 2.08 bits per heavy atom. The second-order valence-electron chi connectivity index (χ2n) is 7.68. The smallest absolute Gasteiger partial charge is 0.167 e. The third-order valence-corrected chi connectivity index (χ3v) is 6.15. The van der Waals surface area contributed by atoms with Gasteiger partial charge in [0.1, 0.15) is 30.2 Å². The third kappa shape index (κ3) is 2.50. The number of aliphatic hydroxyl groups excluding tert-OH is 2. The van der Waals surface area contributed by atoms with E-state index in [1.54, 1.807) is 4.57 Å². The summed E-state index contributed by atoms with van der Waals surface area (Å²) in [5, 5.41) is 20.9. The first-order valence-corrected chi connectivity index (χ1v) is 9.18. The van der Waals surface area contributed by atoms with E-state index in [-0.39, 0.29) is 18.5 Å². The van der Waals surface area contributed by atoms with Crippen LogP contribution in [0.3, 0.4) is 0 Å². The van der Waals surface area contributed by atoms with Crippen molar-refractivity contribution >= 4 is 17.0 Å². The lowest BCUT2D eigenvalue weighted by Crippen LogP contribution is -2.35. The van der Waals surface area contributed by atoms with Gasteiger partial charge in [0.15, 0.2) is 17.7 Å². The molecule has 2 aromatic rings. The number of rotatable bonds is 4. The van der Waals surface area contributed by atoms with Gasteiger partial charge in [0.2, 0.25) is 0 Å². The van der Waals surface area contributed by atoms with Gasteiger partial charge < -0.3 is 25.4 Å². The average molecular weight is 361 g/mol. The van der Waals surface area contributed by atoms with E-state index in [1.807, 2.05) is 0 Å². The van der Waals surface area contributed by atoms with Crippen LogP contribution in [0.25, 0.3) is 11.2 Å². The molecule has 2 aromatic heterocycles. The Hall–Kier alpha value is -1.81. The van der Waals surface area contributed by atoms with E-state index in [4.69, 9.17) is 15.2 Å². The Labute approximate surface area is 150 Å². The number of imidazole rings is 1. The first-order valence-electron chi connectivity index (χ1n) is 9.18. The Morgan fingerprint density at radius 1 is 1.19 bits per heavy atom. The second-order valence-corrected chi connectivity index (χ2v) is 7.68. The molecule has 0 aromatic carbocycles. The number of anilines is 1. The fourth-order valence-corrected chi connectivity index (χ4v) is 4.76. The highest BCUT2D eigenvalue weighted by atomic mass is 16.6. The third-order valence-electron chi connectivity index (χ3n) is 6.15. The van der Waals surface area contributed by atoms with Crippen molar-refractivity contribution in [3.63, 3.8) is 0 Å². The predicted octanol–water partition coefficient (Wildman–Crippen LogP) is 0.233. The molecule has 140 valence electrons. The van der Waals surface area contributed by atoms with E-state index >= 15 is 0 Å². The van der Waals surface area contributed by atoms with Crippen molar-refractivity contribution in [2.75, 3.05) is 12.3 Å². The van der Waals surface area contributed by atoms with Crippen LogP contribution < -0.4 is 5.73 Å². The number of aliphatic hydroxyl groups is 2. The van der Waals surface area contributed by atoms with Gasteiger partial charge in [-0.3, -0.25) is 4.57 Å². The Kier molecular flexibility index (Phi) is 3.85. The zero-order valence-electron chi connectivity index (χ0n) is 14.3. The maximum atomic E-state index is 10.5. The van der Waals surface area contributed by atoms with Crippen molar-refractivity contribution in [3.05, 3.63) is 12.7 Å². The van der Waals surface area contributed by atoms with Gasteiger partial charge in [-0.05, 0) is 37.5 Å². The van der Waals surface area contributed by atoms with E-state index in [0.29, 0.717) is 17.1 Å². The lowest BCUT2D eigenvalue weighted by Gasteiger charge is -2.24. The SMILES string of the molecule is Nc1ncnc2c1ncn2[C@@H]1O[C@H](COC2CC3CCC2C3)[C@@H](O)[C@H]1O. The molecule has 0 spiro atoms. The molecule has 1 saturated heterocycles. The van der Waals surface area contributed by atoms with Crippen LogP contribution in [-0.4, -0.2) is 60.8 Å². The Bertz CT molecular complexity index is 814. The molecule has 2 aliphatic carbocycles.